The SMILES string of the molecule is C[Si](C)([Se])[Si]([Se])([Se])[Si](C)(C)[Se]. The zero-order valence-electron chi connectivity index (χ0n) is 7.13. The summed E-state index contributed by atoms with van der Waals surface area (Å²) in [6.07, 6.45) is -2.17. The molecule has 7 heteroatoms. The van der Waals surface area contributed by atoms with Crippen molar-refractivity contribution in [2.24, 2.45) is 0 Å². The molecule has 0 bridgehead atoms. The predicted molar refractivity (Wildman–Crippen MR) is 63.7 cm³/mol. The van der Waals surface area contributed by atoms with Crippen LogP contribution in [0.2, 0.25) is 26.2 Å². The van der Waals surface area contributed by atoms with Gasteiger partial charge in [-0.3, -0.25) is 0 Å². The van der Waals surface area contributed by atoms with Gasteiger partial charge in [0.05, 0.1) is 0 Å². The number of hydrogen-bond acceptors (Lipinski definition) is 0. The first-order valence-electron chi connectivity index (χ1n) is 3.32. The molecule has 0 aromatic heterocycles. The molecule has 0 saturated heterocycles. The average molecular weight is 460 g/mol. The van der Waals surface area contributed by atoms with Crippen molar-refractivity contribution in [1.29, 1.82) is 0 Å². The van der Waals surface area contributed by atoms with Crippen LogP contribution in [-0.4, -0.2) is 78.2 Å². The van der Waals surface area contributed by atoms with Gasteiger partial charge in [0.15, 0.2) is 0 Å². The van der Waals surface area contributed by atoms with Crippen molar-refractivity contribution in [3.05, 3.63) is 0 Å². The normalized spacial score (nSPS) is 15.3. The zero-order valence-corrected chi connectivity index (χ0v) is 17.0. The second-order valence-electron chi connectivity index (χ2n) is 3.64. The Morgan fingerprint density at radius 3 is 0.818 bits per heavy atom. The van der Waals surface area contributed by atoms with E-state index in [4.69, 9.17) is 0 Å². The first-order chi connectivity index (χ1) is 4.50. The minimum absolute atomic E-state index is 1.09. The van der Waals surface area contributed by atoms with E-state index in [1.807, 2.05) is 0 Å². The van der Waals surface area contributed by atoms with Crippen molar-refractivity contribution >= 4 is 78.2 Å². The van der Waals surface area contributed by atoms with Gasteiger partial charge in [-0.1, -0.05) is 0 Å². The van der Waals surface area contributed by atoms with E-state index in [9.17, 15) is 0 Å². The molecule has 0 nitrogen and oxygen atoms in total. The molecule has 0 fully saturated rings. The van der Waals surface area contributed by atoms with Crippen molar-refractivity contribution < 1.29 is 0 Å². The molecule has 0 unspecified atom stereocenters. The summed E-state index contributed by atoms with van der Waals surface area (Å²) in [6, 6.07) is 0. The van der Waals surface area contributed by atoms with E-state index < -0.39 is 16.7 Å². The molecule has 0 spiro atoms. The van der Waals surface area contributed by atoms with Crippen molar-refractivity contribution in [1.82, 2.24) is 0 Å². The third-order valence-corrected chi connectivity index (χ3v) is 107. The van der Waals surface area contributed by atoms with Crippen LogP contribution in [-0.2, 0) is 0 Å². The molecular weight excluding hydrogens is 448 g/mol. The Hall–Kier alpha value is 2.73. The molecule has 0 aliphatic carbocycles. The molecule has 0 amide bonds. The molecule has 0 saturated carbocycles. The van der Waals surface area contributed by atoms with E-state index in [-0.39, 0.29) is 0 Å². The molecule has 0 N–H and O–H groups in total. The van der Waals surface area contributed by atoms with E-state index in [0.29, 0.717) is 0 Å². The summed E-state index contributed by atoms with van der Waals surface area (Å²) in [4.78, 5) is 0. The van der Waals surface area contributed by atoms with Crippen LogP contribution in [0.4, 0.5) is 0 Å². The quantitative estimate of drug-likeness (QED) is 0.496. The molecule has 0 atom stereocenters. The third-order valence-electron chi connectivity index (χ3n) is 1.59. The Balaban J connectivity index is 4.75. The minimum atomic E-state index is -1.19. The molecule has 0 aliphatic rings. The summed E-state index contributed by atoms with van der Waals surface area (Å²) in [5.74, 6) is 0. The first-order valence-corrected chi connectivity index (χ1v) is 23.2. The van der Waals surface area contributed by atoms with Crippen LogP contribution in [0.25, 0.3) is 0 Å². The number of hydrogen-bond donors (Lipinski definition) is 0. The van der Waals surface area contributed by atoms with Gasteiger partial charge in [-0.25, -0.2) is 0 Å². The van der Waals surface area contributed by atoms with E-state index in [0.717, 1.165) is 0 Å². The third kappa shape index (κ3) is 3.41. The molecule has 0 aromatic rings. The summed E-state index contributed by atoms with van der Waals surface area (Å²) in [6.45, 7) is 9.66. The standard InChI is InChI=1S/C4H12Se4Si3/c1-9(2,5)11(7,8)10(3,4)6/h1-4H3. The Morgan fingerprint density at radius 1 is 0.636 bits per heavy atom. The Bertz CT molecular complexity index is 128. The van der Waals surface area contributed by atoms with Gasteiger partial charge >= 0.3 is 104 Å². The maximum absolute atomic E-state index is 3.48. The van der Waals surface area contributed by atoms with E-state index in [1.165, 1.54) is 0 Å². The van der Waals surface area contributed by atoms with Crippen LogP contribution in [0.5, 0.6) is 0 Å². The van der Waals surface area contributed by atoms with Gasteiger partial charge in [-0.15, -0.1) is 0 Å². The van der Waals surface area contributed by atoms with Gasteiger partial charge in [-0.05, 0) is 0 Å². The molecule has 4 radical (unpaired) electrons. The van der Waals surface area contributed by atoms with Crippen molar-refractivity contribution in [3.63, 3.8) is 0 Å². The topological polar surface area (TPSA) is 0 Å². The predicted octanol–water partition coefficient (Wildman–Crippen LogP) is -0.330. The molecule has 0 aromatic carbocycles. The van der Waals surface area contributed by atoms with E-state index in [2.05, 4.69) is 87.7 Å². The van der Waals surface area contributed by atoms with Crippen LogP contribution < -0.4 is 0 Å². The summed E-state index contributed by atoms with van der Waals surface area (Å²) >= 11 is 13.8. The summed E-state index contributed by atoms with van der Waals surface area (Å²) in [7, 11) is 0. The van der Waals surface area contributed by atoms with Gasteiger partial charge in [-0.2, -0.15) is 0 Å². The van der Waals surface area contributed by atoms with Crippen molar-refractivity contribution in [2.75, 3.05) is 0 Å². The second-order valence-corrected chi connectivity index (χ2v) is 63.5. The molecular formula is C4H12Se4Si3. The molecule has 64 valence electrons. The summed E-state index contributed by atoms with van der Waals surface area (Å²) < 4.78 is -1.19. The summed E-state index contributed by atoms with van der Waals surface area (Å²) in [5, 5.41) is 0. The van der Waals surface area contributed by atoms with Gasteiger partial charge < -0.3 is 0 Å². The number of rotatable bonds is 2. The fourth-order valence-corrected chi connectivity index (χ4v) is 57.3. The average Bonchev–Trinajstić information content (AvgIpc) is 1.58. The van der Waals surface area contributed by atoms with E-state index in [1.54, 1.807) is 0 Å². The monoisotopic (exact) mass is 464 g/mol. The Kier molecular flexibility index (Phi) is 5.09. The maximum atomic E-state index is 3.48. The van der Waals surface area contributed by atoms with Gasteiger partial charge in [0.25, 0.3) is 0 Å². The molecule has 11 heavy (non-hydrogen) atoms. The molecule has 0 heterocycles. The molecule has 0 rings (SSSR count). The van der Waals surface area contributed by atoms with Crippen LogP contribution in [0.1, 0.15) is 0 Å². The fourth-order valence-electron chi connectivity index (χ4n) is 0.725. The first kappa shape index (κ1) is 13.7. The molecule has 0 aliphatic heterocycles. The fraction of sp³-hybridized carbons (Fsp3) is 1.00. The van der Waals surface area contributed by atoms with Gasteiger partial charge in [0, 0.05) is 0 Å². The Morgan fingerprint density at radius 2 is 0.818 bits per heavy atom. The second kappa shape index (κ2) is 4.08. The van der Waals surface area contributed by atoms with Crippen molar-refractivity contribution in [3.8, 4) is 0 Å². The Labute approximate surface area is 103 Å². The van der Waals surface area contributed by atoms with Crippen molar-refractivity contribution in [2.45, 2.75) is 26.2 Å². The zero-order chi connectivity index (χ0) is 9.50. The van der Waals surface area contributed by atoms with Crippen LogP contribution in [0.3, 0.4) is 0 Å². The van der Waals surface area contributed by atoms with E-state index >= 15 is 0 Å². The van der Waals surface area contributed by atoms with Crippen LogP contribution in [0, 0.1) is 0 Å². The van der Waals surface area contributed by atoms with Crippen LogP contribution in [0.15, 0.2) is 0 Å². The van der Waals surface area contributed by atoms with Crippen LogP contribution >= 0.6 is 0 Å². The van der Waals surface area contributed by atoms with Gasteiger partial charge in [0.1, 0.15) is 0 Å². The summed E-state index contributed by atoms with van der Waals surface area (Å²) in [5.41, 5.74) is 0. The van der Waals surface area contributed by atoms with Gasteiger partial charge in [0.2, 0.25) is 0 Å².